The van der Waals surface area contributed by atoms with Crippen molar-refractivity contribution in [3.8, 4) is 0 Å². The second-order valence-corrected chi connectivity index (χ2v) is 8.41. The second-order valence-electron chi connectivity index (χ2n) is 6.08. The minimum Gasteiger partial charge on any atom is -0.429 e. The highest BCUT2D eigenvalue weighted by Crippen LogP contribution is 2.16. The zero-order valence-electron chi connectivity index (χ0n) is 15.2. The van der Waals surface area contributed by atoms with Gasteiger partial charge in [-0.1, -0.05) is 57.0 Å². The summed E-state index contributed by atoms with van der Waals surface area (Å²) in [6.07, 6.45) is 1.25. The van der Waals surface area contributed by atoms with Crippen LogP contribution in [-0.2, 0) is 30.7 Å². The molecular formula is C18H27NO6S. The first-order valence-electron chi connectivity index (χ1n) is 8.69. The number of rotatable bonds is 10. The average molecular weight is 385 g/mol. The zero-order valence-corrected chi connectivity index (χ0v) is 16.0. The van der Waals surface area contributed by atoms with E-state index in [0.29, 0.717) is 12.8 Å². The molecule has 0 heterocycles. The van der Waals surface area contributed by atoms with Crippen molar-refractivity contribution in [3.63, 3.8) is 0 Å². The Balaban J connectivity index is 2.53. The molecule has 1 rings (SSSR count). The van der Waals surface area contributed by atoms with E-state index in [4.69, 9.17) is 10.5 Å². The number of carbonyl (C=O) groups is 2. The van der Waals surface area contributed by atoms with E-state index in [2.05, 4.69) is 4.74 Å². The summed E-state index contributed by atoms with van der Waals surface area (Å²) in [5, 5.41) is -0.540. The Bertz CT molecular complexity index is 668. The summed E-state index contributed by atoms with van der Waals surface area (Å²) >= 11 is 0. The maximum Gasteiger partial charge on any atom is 0.516 e. The van der Waals surface area contributed by atoms with E-state index in [1.54, 1.807) is 24.3 Å². The van der Waals surface area contributed by atoms with Gasteiger partial charge in [0, 0.05) is 0 Å². The molecule has 0 aromatic heterocycles. The summed E-state index contributed by atoms with van der Waals surface area (Å²) in [6, 6.07) is 7.43. The Morgan fingerprint density at radius 3 is 2.19 bits per heavy atom. The Labute approximate surface area is 154 Å². The molecule has 1 aromatic carbocycles. The van der Waals surface area contributed by atoms with E-state index in [9.17, 15) is 18.0 Å². The third-order valence-electron chi connectivity index (χ3n) is 3.83. The highest BCUT2D eigenvalue weighted by molar-refractivity contribution is 7.92. The predicted molar refractivity (Wildman–Crippen MR) is 98.1 cm³/mol. The lowest BCUT2D eigenvalue weighted by Crippen LogP contribution is -2.42. The molecule has 1 aromatic rings. The molecule has 26 heavy (non-hydrogen) atoms. The molecule has 0 spiro atoms. The van der Waals surface area contributed by atoms with Crippen molar-refractivity contribution in [2.45, 2.75) is 57.4 Å². The highest BCUT2D eigenvalue weighted by Gasteiger charge is 2.31. The largest absolute Gasteiger partial charge is 0.516 e. The maximum atomic E-state index is 12.4. The fourth-order valence-electron chi connectivity index (χ4n) is 2.51. The molecule has 0 bridgehead atoms. The van der Waals surface area contributed by atoms with Crippen LogP contribution in [0.5, 0.6) is 0 Å². The molecule has 146 valence electrons. The molecule has 2 N–H and O–H groups in total. The van der Waals surface area contributed by atoms with Gasteiger partial charge in [-0.2, -0.15) is 0 Å². The molecule has 0 amide bonds. The van der Waals surface area contributed by atoms with Crippen LogP contribution in [0.2, 0.25) is 0 Å². The average Bonchev–Trinajstić information content (AvgIpc) is 2.60. The zero-order chi connectivity index (χ0) is 19.6. The van der Waals surface area contributed by atoms with Gasteiger partial charge in [0.2, 0.25) is 0 Å². The molecule has 0 radical (unpaired) electrons. The van der Waals surface area contributed by atoms with E-state index in [0.717, 1.165) is 18.4 Å². The number of carbonyl (C=O) groups excluding carboxylic acids is 2. The molecule has 8 heteroatoms. The fraction of sp³-hybridized carbons (Fsp3) is 0.556. The topological polar surface area (TPSA) is 113 Å². The van der Waals surface area contributed by atoms with Gasteiger partial charge in [0.25, 0.3) is 0 Å². The number of nitrogens with two attached hydrogens (primary N) is 1. The third kappa shape index (κ3) is 7.53. The summed E-state index contributed by atoms with van der Waals surface area (Å²) in [4.78, 5) is 23.4. The molecule has 0 aliphatic rings. The van der Waals surface area contributed by atoms with E-state index < -0.39 is 39.0 Å². The molecule has 7 nitrogen and oxygen atoms in total. The molecule has 0 saturated carbocycles. The Morgan fingerprint density at radius 2 is 1.65 bits per heavy atom. The maximum absolute atomic E-state index is 12.4. The molecule has 0 saturated heterocycles. The highest BCUT2D eigenvalue weighted by atomic mass is 32.2. The van der Waals surface area contributed by atoms with Gasteiger partial charge in [0.15, 0.2) is 9.84 Å². The molecule has 0 aliphatic carbocycles. The van der Waals surface area contributed by atoms with Crippen LogP contribution in [0, 0.1) is 0 Å². The predicted octanol–water partition coefficient (Wildman–Crippen LogP) is 2.58. The smallest absolute Gasteiger partial charge is 0.429 e. The number of sulfone groups is 1. The van der Waals surface area contributed by atoms with E-state index in [1.807, 2.05) is 19.9 Å². The van der Waals surface area contributed by atoms with Crippen LogP contribution in [0.25, 0.3) is 0 Å². The molecule has 0 aliphatic heterocycles. The van der Waals surface area contributed by atoms with Crippen LogP contribution in [0.4, 0.5) is 4.79 Å². The summed E-state index contributed by atoms with van der Waals surface area (Å²) in [6.45, 7) is 3.74. The van der Waals surface area contributed by atoms with Gasteiger partial charge in [-0.3, -0.25) is 0 Å². The van der Waals surface area contributed by atoms with E-state index >= 15 is 0 Å². The first-order valence-corrected chi connectivity index (χ1v) is 10.4. The molecule has 0 fully saturated rings. The van der Waals surface area contributed by atoms with Crippen LogP contribution in [0.3, 0.4) is 0 Å². The van der Waals surface area contributed by atoms with Crippen LogP contribution in [-0.4, -0.2) is 37.6 Å². The minimum absolute atomic E-state index is 0.0600. The van der Waals surface area contributed by atoms with Gasteiger partial charge in [-0.05, 0) is 18.4 Å². The normalized spacial score (nSPS) is 12.6. The van der Waals surface area contributed by atoms with Crippen molar-refractivity contribution in [1.29, 1.82) is 0 Å². The lowest BCUT2D eigenvalue weighted by molar-refractivity contribution is -0.141. The van der Waals surface area contributed by atoms with Crippen LogP contribution in [0.15, 0.2) is 30.3 Å². The summed E-state index contributed by atoms with van der Waals surface area (Å²) < 4.78 is 34.1. The van der Waals surface area contributed by atoms with Crippen LogP contribution in [0.1, 0.15) is 45.1 Å². The van der Waals surface area contributed by atoms with Crippen molar-refractivity contribution in [3.05, 3.63) is 35.9 Å². The SMILES string of the molecule is CCCC(CCC)S(=O)(=O)C[C@H](N)C(=O)OC(=O)OCc1ccccc1. The number of esters is 1. The summed E-state index contributed by atoms with van der Waals surface area (Å²) in [5.74, 6) is -1.67. The molecular weight excluding hydrogens is 358 g/mol. The van der Waals surface area contributed by atoms with Gasteiger partial charge in [-0.25, -0.2) is 18.0 Å². The molecule has 1 atom stereocenters. The Hall–Kier alpha value is -1.93. The first-order chi connectivity index (χ1) is 12.3. The lowest BCUT2D eigenvalue weighted by Gasteiger charge is -2.18. The standard InChI is InChI=1S/C18H27NO6S/c1-3-8-15(9-4-2)26(22,23)13-16(19)17(20)25-18(21)24-12-14-10-6-5-7-11-14/h5-7,10-11,15-16H,3-4,8-9,12-13,19H2,1-2H3/t16-/m0/s1. The van der Waals surface area contributed by atoms with Gasteiger partial charge >= 0.3 is 12.1 Å². The van der Waals surface area contributed by atoms with Crippen LogP contribution >= 0.6 is 0 Å². The van der Waals surface area contributed by atoms with Crippen molar-refractivity contribution >= 4 is 22.0 Å². The monoisotopic (exact) mass is 385 g/mol. The number of ether oxygens (including phenoxy) is 2. The van der Waals surface area contributed by atoms with E-state index in [1.165, 1.54) is 0 Å². The first kappa shape index (κ1) is 22.1. The quantitative estimate of drug-likeness (QED) is 0.486. The third-order valence-corrected chi connectivity index (χ3v) is 6.14. The summed E-state index contributed by atoms with van der Waals surface area (Å²) in [5.41, 5.74) is 6.36. The Morgan fingerprint density at radius 1 is 1.08 bits per heavy atom. The minimum atomic E-state index is -3.56. The van der Waals surface area contributed by atoms with Crippen molar-refractivity contribution in [2.24, 2.45) is 5.73 Å². The van der Waals surface area contributed by atoms with Gasteiger partial charge < -0.3 is 15.2 Å². The van der Waals surface area contributed by atoms with Crippen molar-refractivity contribution in [2.75, 3.05) is 5.75 Å². The number of hydrogen-bond donors (Lipinski definition) is 1. The van der Waals surface area contributed by atoms with Gasteiger partial charge in [-0.15, -0.1) is 0 Å². The molecule has 0 unspecified atom stereocenters. The Kier molecular flexibility index (Phi) is 9.29. The number of benzene rings is 1. The lowest BCUT2D eigenvalue weighted by atomic mass is 10.2. The van der Waals surface area contributed by atoms with Crippen molar-refractivity contribution < 1.29 is 27.5 Å². The van der Waals surface area contributed by atoms with Gasteiger partial charge in [0.05, 0.1) is 11.0 Å². The van der Waals surface area contributed by atoms with E-state index in [-0.39, 0.29) is 6.61 Å². The van der Waals surface area contributed by atoms with Crippen LogP contribution < -0.4 is 5.73 Å². The van der Waals surface area contributed by atoms with Crippen molar-refractivity contribution in [1.82, 2.24) is 0 Å². The summed E-state index contributed by atoms with van der Waals surface area (Å²) in [7, 11) is -3.56. The number of hydrogen-bond acceptors (Lipinski definition) is 7. The van der Waals surface area contributed by atoms with Gasteiger partial charge in [0.1, 0.15) is 12.6 Å². The second kappa shape index (κ2) is 10.9. The fourth-order valence-corrected chi connectivity index (χ4v) is 4.60.